The first-order chi connectivity index (χ1) is 7.97. The minimum atomic E-state index is -2.34. The lowest BCUT2D eigenvalue weighted by Gasteiger charge is -2.57. The van der Waals surface area contributed by atoms with Crippen molar-refractivity contribution in [2.75, 3.05) is 33.2 Å². The van der Waals surface area contributed by atoms with Gasteiger partial charge in [-0.15, -0.1) is 0 Å². The first-order valence-electron chi connectivity index (χ1n) is 6.77. The lowest BCUT2D eigenvalue weighted by molar-refractivity contribution is -0.110. The van der Waals surface area contributed by atoms with Crippen LogP contribution in [-0.2, 0) is 0 Å². The van der Waals surface area contributed by atoms with Gasteiger partial charge in [0.25, 0.3) is 5.92 Å². The molecule has 0 N–H and O–H groups in total. The van der Waals surface area contributed by atoms with Crippen molar-refractivity contribution in [3.8, 4) is 0 Å². The molecule has 4 rings (SSSR count). The molecule has 2 aliphatic carbocycles. The second-order valence-corrected chi connectivity index (χ2v) is 6.97. The Bertz CT molecular complexity index is 364. The van der Waals surface area contributed by atoms with Gasteiger partial charge in [0.2, 0.25) is 0 Å². The zero-order chi connectivity index (χ0) is 11.9. The number of hydrogen-bond acceptors (Lipinski definition) is 2. The molecule has 2 nitrogen and oxygen atoms in total. The molecule has 4 heteroatoms. The van der Waals surface area contributed by atoms with E-state index >= 15 is 0 Å². The molecule has 0 aromatic rings. The van der Waals surface area contributed by atoms with Gasteiger partial charge in [-0.2, -0.15) is 0 Å². The SMILES string of the molecule is CN1CCC2(CCC2N2CC3(C2)CC3(F)F)C1. The normalized spacial score (nSPS) is 47.1. The second kappa shape index (κ2) is 2.85. The van der Waals surface area contributed by atoms with E-state index in [1.165, 1.54) is 32.4 Å². The zero-order valence-corrected chi connectivity index (χ0v) is 10.4. The lowest BCUT2D eigenvalue weighted by atomic mass is 9.62. The molecule has 2 saturated carbocycles. The first kappa shape index (κ1) is 10.7. The molecule has 0 amide bonds. The average molecular weight is 242 g/mol. The van der Waals surface area contributed by atoms with Gasteiger partial charge in [0, 0.05) is 32.1 Å². The molecule has 2 atom stereocenters. The van der Waals surface area contributed by atoms with E-state index in [2.05, 4.69) is 16.8 Å². The van der Waals surface area contributed by atoms with Crippen LogP contribution < -0.4 is 0 Å². The van der Waals surface area contributed by atoms with Gasteiger partial charge in [-0.1, -0.05) is 0 Å². The van der Waals surface area contributed by atoms with E-state index < -0.39 is 11.3 Å². The Labute approximate surface area is 101 Å². The van der Waals surface area contributed by atoms with E-state index in [4.69, 9.17) is 0 Å². The molecule has 4 fully saturated rings. The van der Waals surface area contributed by atoms with Gasteiger partial charge in [0.15, 0.2) is 0 Å². The molecule has 0 bridgehead atoms. The Hall–Kier alpha value is -0.220. The number of rotatable bonds is 1. The van der Waals surface area contributed by atoms with Crippen LogP contribution in [0.2, 0.25) is 0 Å². The minimum absolute atomic E-state index is 0.149. The van der Waals surface area contributed by atoms with Gasteiger partial charge in [-0.05, 0) is 38.3 Å². The predicted octanol–water partition coefficient (Wildman–Crippen LogP) is 1.81. The molecule has 2 aliphatic heterocycles. The molecular weight excluding hydrogens is 222 g/mol. The molecule has 0 aromatic carbocycles. The average Bonchev–Trinajstić information content (AvgIpc) is 2.54. The highest BCUT2D eigenvalue weighted by Crippen LogP contribution is 2.67. The highest BCUT2D eigenvalue weighted by Gasteiger charge is 2.77. The van der Waals surface area contributed by atoms with Gasteiger partial charge in [-0.3, -0.25) is 4.90 Å². The molecule has 2 spiro atoms. The Morgan fingerprint density at radius 2 is 1.82 bits per heavy atom. The van der Waals surface area contributed by atoms with Gasteiger partial charge in [0.1, 0.15) is 0 Å². The lowest BCUT2D eigenvalue weighted by Crippen LogP contribution is -2.65. The summed E-state index contributed by atoms with van der Waals surface area (Å²) in [5.74, 6) is -2.34. The summed E-state index contributed by atoms with van der Waals surface area (Å²) in [4.78, 5) is 4.75. The fourth-order valence-corrected chi connectivity index (χ4v) is 4.51. The number of alkyl halides is 2. The maximum atomic E-state index is 13.2. The third kappa shape index (κ3) is 1.21. The van der Waals surface area contributed by atoms with Crippen LogP contribution in [0, 0.1) is 10.8 Å². The third-order valence-electron chi connectivity index (χ3n) is 5.86. The molecule has 0 aromatic heterocycles. The molecule has 96 valence electrons. The number of hydrogen-bond donors (Lipinski definition) is 0. The van der Waals surface area contributed by atoms with E-state index in [0.717, 1.165) is 0 Å². The number of nitrogens with zero attached hydrogens (tertiary/aromatic N) is 2. The Kier molecular flexibility index (Phi) is 1.79. The molecule has 2 saturated heterocycles. The predicted molar refractivity (Wildman–Crippen MR) is 61.1 cm³/mol. The summed E-state index contributed by atoms with van der Waals surface area (Å²) in [5.41, 5.74) is -0.130. The minimum Gasteiger partial charge on any atom is -0.306 e. The van der Waals surface area contributed by atoms with E-state index in [9.17, 15) is 8.78 Å². The summed E-state index contributed by atoms with van der Waals surface area (Å²) in [6.45, 7) is 3.69. The van der Waals surface area contributed by atoms with Gasteiger partial charge in [-0.25, -0.2) is 8.78 Å². The van der Waals surface area contributed by atoms with Crippen molar-refractivity contribution in [3.63, 3.8) is 0 Å². The fraction of sp³-hybridized carbons (Fsp3) is 1.00. The zero-order valence-electron chi connectivity index (χ0n) is 10.4. The summed E-state index contributed by atoms with van der Waals surface area (Å²) >= 11 is 0. The summed E-state index contributed by atoms with van der Waals surface area (Å²) in [6, 6.07) is 0.606. The van der Waals surface area contributed by atoms with Crippen LogP contribution in [0.5, 0.6) is 0 Å². The first-order valence-corrected chi connectivity index (χ1v) is 6.77. The van der Waals surface area contributed by atoms with Crippen molar-refractivity contribution in [2.45, 2.75) is 37.6 Å². The third-order valence-corrected chi connectivity index (χ3v) is 5.86. The molecule has 2 unspecified atom stereocenters. The van der Waals surface area contributed by atoms with Crippen LogP contribution in [0.25, 0.3) is 0 Å². The van der Waals surface area contributed by atoms with Crippen molar-refractivity contribution < 1.29 is 8.78 Å². The van der Waals surface area contributed by atoms with Gasteiger partial charge in [0.05, 0.1) is 5.41 Å². The van der Waals surface area contributed by atoms with Crippen LogP contribution in [0.1, 0.15) is 25.7 Å². The van der Waals surface area contributed by atoms with Gasteiger partial charge >= 0.3 is 0 Å². The van der Waals surface area contributed by atoms with E-state index in [-0.39, 0.29) is 6.42 Å². The van der Waals surface area contributed by atoms with Crippen LogP contribution in [0.15, 0.2) is 0 Å². The van der Waals surface area contributed by atoms with E-state index in [0.29, 0.717) is 24.5 Å². The van der Waals surface area contributed by atoms with Crippen LogP contribution in [0.3, 0.4) is 0 Å². The van der Waals surface area contributed by atoms with Crippen LogP contribution in [0.4, 0.5) is 8.78 Å². The van der Waals surface area contributed by atoms with Crippen molar-refractivity contribution in [1.29, 1.82) is 0 Å². The van der Waals surface area contributed by atoms with Crippen molar-refractivity contribution in [1.82, 2.24) is 9.80 Å². The molecule has 17 heavy (non-hydrogen) atoms. The largest absolute Gasteiger partial charge is 0.306 e. The summed E-state index contributed by atoms with van der Waals surface area (Å²) in [5, 5.41) is 0. The number of likely N-dealkylation sites (tertiary alicyclic amines) is 2. The molecule has 4 aliphatic rings. The smallest absolute Gasteiger partial charge is 0.257 e. The standard InChI is InChI=1S/C13H20F2N2/c1-16-5-4-11(7-16)3-2-10(11)17-8-12(9-17)6-13(12,14)15/h10H,2-9H2,1H3. The van der Waals surface area contributed by atoms with E-state index in [1.807, 2.05) is 0 Å². The monoisotopic (exact) mass is 242 g/mol. The van der Waals surface area contributed by atoms with Crippen molar-refractivity contribution in [2.24, 2.45) is 10.8 Å². The van der Waals surface area contributed by atoms with E-state index in [1.54, 1.807) is 0 Å². The Morgan fingerprint density at radius 3 is 2.24 bits per heavy atom. The quantitative estimate of drug-likeness (QED) is 0.692. The molecule has 2 heterocycles. The fourth-order valence-electron chi connectivity index (χ4n) is 4.51. The highest BCUT2D eigenvalue weighted by atomic mass is 19.3. The maximum absolute atomic E-state index is 13.2. The van der Waals surface area contributed by atoms with Crippen LogP contribution in [-0.4, -0.2) is 55.0 Å². The molecule has 0 radical (unpaired) electrons. The van der Waals surface area contributed by atoms with Crippen molar-refractivity contribution >= 4 is 0 Å². The van der Waals surface area contributed by atoms with Gasteiger partial charge < -0.3 is 4.90 Å². The summed E-state index contributed by atoms with van der Waals surface area (Å²) < 4.78 is 26.4. The maximum Gasteiger partial charge on any atom is 0.257 e. The van der Waals surface area contributed by atoms with Crippen LogP contribution >= 0.6 is 0 Å². The topological polar surface area (TPSA) is 6.48 Å². The number of halogens is 2. The Balaban J connectivity index is 1.42. The second-order valence-electron chi connectivity index (χ2n) is 6.97. The Morgan fingerprint density at radius 1 is 1.12 bits per heavy atom. The molecular formula is C13H20F2N2. The van der Waals surface area contributed by atoms with Crippen molar-refractivity contribution in [3.05, 3.63) is 0 Å². The highest BCUT2D eigenvalue weighted by molar-refractivity contribution is 5.21. The summed E-state index contributed by atoms with van der Waals surface area (Å²) in [7, 11) is 2.18. The summed E-state index contributed by atoms with van der Waals surface area (Å²) in [6.07, 6.45) is 3.96.